The predicted octanol–water partition coefficient (Wildman–Crippen LogP) is 0.498. The van der Waals surface area contributed by atoms with Crippen LogP contribution in [0.1, 0.15) is 42.1 Å². The molecule has 2 rings (SSSR count). The third-order valence-electron chi connectivity index (χ3n) is 5.04. The van der Waals surface area contributed by atoms with Crippen molar-refractivity contribution in [3.63, 3.8) is 0 Å². The number of halogens is 1. The van der Waals surface area contributed by atoms with Crippen LogP contribution in [0.5, 0.6) is 0 Å². The zero-order valence-electron chi connectivity index (χ0n) is 17.2. The molecule has 31 heavy (non-hydrogen) atoms. The third-order valence-corrected chi connectivity index (χ3v) is 5.35. The van der Waals surface area contributed by atoms with Gasteiger partial charge in [0.15, 0.2) is 0 Å². The molecule has 1 aromatic carbocycles. The molecule has 1 fully saturated rings. The van der Waals surface area contributed by atoms with E-state index in [1.54, 1.807) is 13.0 Å². The van der Waals surface area contributed by atoms with Gasteiger partial charge in [-0.25, -0.2) is 0 Å². The van der Waals surface area contributed by atoms with Crippen LogP contribution >= 0.6 is 11.6 Å². The lowest BCUT2D eigenvalue weighted by molar-refractivity contribution is -0.141. The summed E-state index contributed by atoms with van der Waals surface area (Å²) in [6, 6.07) is -0.000207. The van der Waals surface area contributed by atoms with Gasteiger partial charge in [0.25, 0.3) is 5.91 Å². The monoisotopic (exact) mass is 452 g/mol. The number of nitrogens with zero attached hydrogens (tertiary/aromatic N) is 1. The Morgan fingerprint density at radius 3 is 2.58 bits per heavy atom. The number of anilines is 1. The average Bonchev–Trinajstić information content (AvgIpc) is 3.19. The van der Waals surface area contributed by atoms with E-state index >= 15 is 0 Å². The number of likely N-dealkylation sites (tertiary alicyclic amines) is 1. The van der Waals surface area contributed by atoms with Gasteiger partial charge in [0.1, 0.15) is 18.4 Å². The van der Waals surface area contributed by atoms with E-state index < -0.39 is 48.2 Å². The molecule has 11 heteroatoms. The van der Waals surface area contributed by atoms with Gasteiger partial charge in [-0.3, -0.25) is 19.2 Å². The van der Waals surface area contributed by atoms with Crippen molar-refractivity contribution in [3.8, 4) is 0 Å². The first-order valence-electron chi connectivity index (χ1n) is 9.69. The molecule has 1 saturated heterocycles. The summed E-state index contributed by atoms with van der Waals surface area (Å²) in [5.41, 5.74) is 7.02. The number of aldehydes is 1. The van der Waals surface area contributed by atoms with Crippen molar-refractivity contribution in [2.75, 3.05) is 12.3 Å². The van der Waals surface area contributed by atoms with Crippen molar-refractivity contribution in [2.24, 2.45) is 0 Å². The van der Waals surface area contributed by atoms with Crippen molar-refractivity contribution in [2.45, 2.75) is 51.2 Å². The fourth-order valence-electron chi connectivity index (χ4n) is 3.38. The Balaban J connectivity index is 2.05. The SMILES string of the molecule is Cc1cc(C(=O)N[C@@H](C)C(=O)N2CCC[C@H]2C(=O)N[C@H](C=O)CC(=O)O)cc(Cl)c1N. The summed E-state index contributed by atoms with van der Waals surface area (Å²) >= 11 is 6.02. The molecule has 10 nitrogen and oxygen atoms in total. The average molecular weight is 453 g/mol. The number of benzene rings is 1. The van der Waals surface area contributed by atoms with E-state index in [1.807, 2.05) is 0 Å². The van der Waals surface area contributed by atoms with Crippen LogP contribution in [0, 0.1) is 6.92 Å². The lowest BCUT2D eigenvalue weighted by Crippen LogP contribution is -2.54. The number of aryl methyl sites for hydroxylation is 1. The summed E-state index contributed by atoms with van der Waals surface area (Å²) in [7, 11) is 0. The van der Waals surface area contributed by atoms with E-state index in [4.69, 9.17) is 22.4 Å². The number of nitrogens with two attached hydrogens (primary N) is 1. The molecule has 0 spiro atoms. The maximum Gasteiger partial charge on any atom is 0.305 e. The first kappa shape index (κ1) is 24.1. The van der Waals surface area contributed by atoms with Crippen molar-refractivity contribution in [3.05, 3.63) is 28.3 Å². The second kappa shape index (κ2) is 10.3. The number of hydrogen-bond acceptors (Lipinski definition) is 6. The van der Waals surface area contributed by atoms with E-state index in [0.29, 0.717) is 36.9 Å². The molecule has 3 amide bonds. The first-order chi connectivity index (χ1) is 14.5. The topological polar surface area (TPSA) is 159 Å². The van der Waals surface area contributed by atoms with E-state index in [-0.39, 0.29) is 10.6 Å². The highest BCUT2D eigenvalue weighted by molar-refractivity contribution is 6.33. The van der Waals surface area contributed by atoms with Crippen LogP contribution < -0.4 is 16.4 Å². The molecule has 0 aromatic heterocycles. The highest BCUT2D eigenvalue weighted by Crippen LogP contribution is 2.24. The summed E-state index contributed by atoms with van der Waals surface area (Å²) < 4.78 is 0. The number of carbonyl (C=O) groups excluding carboxylic acids is 4. The largest absolute Gasteiger partial charge is 0.481 e. The van der Waals surface area contributed by atoms with E-state index in [1.165, 1.54) is 17.9 Å². The van der Waals surface area contributed by atoms with E-state index in [9.17, 15) is 24.0 Å². The Kier molecular flexibility index (Phi) is 7.98. The number of amides is 3. The number of hydrogen-bond donors (Lipinski definition) is 4. The third kappa shape index (κ3) is 5.94. The molecule has 5 N–H and O–H groups in total. The second-order valence-electron chi connectivity index (χ2n) is 7.42. The zero-order chi connectivity index (χ0) is 23.3. The molecule has 0 bridgehead atoms. The minimum atomic E-state index is -1.23. The molecule has 1 aliphatic rings. The van der Waals surface area contributed by atoms with E-state index in [2.05, 4.69) is 10.6 Å². The molecule has 3 atom stereocenters. The van der Waals surface area contributed by atoms with Crippen LogP contribution in [0.2, 0.25) is 5.02 Å². The minimum Gasteiger partial charge on any atom is -0.481 e. The van der Waals surface area contributed by atoms with Gasteiger partial charge in [-0.1, -0.05) is 11.6 Å². The Labute approximate surface area is 184 Å². The Morgan fingerprint density at radius 2 is 2.00 bits per heavy atom. The minimum absolute atomic E-state index is 0.228. The fraction of sp³-hybridized carbons (Fsp3) is 0.450. The molecule has 168 valence electrons. The van der Waals surface area contributed by atoms with Gasteiger partial charge in [0, 0.05) is 12.1 Å². The van der Waals surface area contributed by atoms with Crippen LogP contribution in [0.25, 0.3) is 0 Å². The van der Waals surface area contributed by atoms with E-state index in [0.717, 1.165) is 0 Å². The van der Waals surface area contributed by atoms with Gasteiger partial charge in [-0.2, -0.15) is 0 Å². The van der Waals surface area contributed by atoms with Crippen molar-refractivity contribution in [1.29, 1.82) is 0 Å². The molecule has 1 aromatic rings. The van der Waals surface area contributed by atoms with Crippen LogP contribution in [0.4, 0.5) is 5.69 Å². The highest BCUT2D eigenvalue weighted by Gasteiger charge is 2.37. The Bertz CT molecular complexity index is 883. The number of carboxylic acid groups (broad SMARTS) is 1. The number of rotatable bonds is 8. The number of carboxylic acids is 1. The maximum atomic E-state index is 12.9. The van der Waals surface area contributed by atoms with Crippen LogP contribution in [-0.2, 0) is 19.2 Å². The quantitative estimate of drug-likeness (QED) is 0.330. The molecule has 0 aliphatic carbocycles. The standard InChI is InChI=1S/C20H25ClN4O6/c1-10-6-12(7-14(21)17(10)22)18(29)23-11(2)20(31)25-5-3-4-15(25)19(30)24-13(9-26)8-16(27)28/h6-7,9,11,13,15H,3-5,8,22H2,1-2H3,(H,23,29)(H,24,30)(H,27,28)/t11-,13-,15-/m0/s1. The van der Waals surface area contributed by atoms with Crippen molar-refractivity contribution in [1.82, 2.24) is 15.5 Å². The summed E-state index contributed by atoms with van der Waals surface area (Å²) in [4.78, 5) is 61.0. The summed E-state index contributed by atoms with van der Waals surface area (Å²) in [6.07, 6.45) is 0.716. The lowest BCUT2D eigenvalue weighted by Gasteiger charge is -2.28. The van der Waals surface area contributed by atoms with Gasteiger partial charge in [0.2, 0.25) is 11.8 Å². The number of aliphatic carboxylic acids is 1. The van der Waals surface area contributed by atoms with Gasteiger partial charge in [-0.15, -0.1) is 0 Å². The van der Waals surface area contributed by atoms with Crippen molar-refractivity contribution >= 4 is 47.3 Å². The maximum absolute atomic E-state index is 12.9. The van der Waals surface area contributed by atoms with Gasteiger partial charge < -0.3 is 31.2 Å². The molecule has 0 saturated carbocycles. The molecule has 1 heterocycles. The second-order valence-corrected chi connectivity index (χ2v) is 7.83. The lowest BCUT2D eigenvalue weighted by atomic mass is 10.1. The summed E-state index contributed by atoms with van der Waals surface area (Å²) in [5, 5.41) is 14.0. The number of nitrogen functional groups attached to an aromatic ring is 1. The fourth-order valence-corrected chi connectivity index (χ4v) is 3.65. The van der Waals surface area contributed by atoms with Crippen molar-refractivity contribution < 1.29 is 29.1 Å². The zero-order valence-corrected chi connectivity index (χ0v) is 17.9. The van der Waals surface area contributed by atoms with Gasteiger partial charge in [0.05, 0.1) is 23.2 Å². The predicted molar refractivity (Wildman–Crippen MR) is 113 cm³/mol. The van der Waals surface area contributed by atoms with Crippen LogP contribution in [0.3, 0.4) is 0 Å². The molecule has 0 radical (unpaired) electrons. The summed E-state index contributed by atoms with van der Waals surface area (Å²) in [5.74, 6) is -2.83. The molecular formula is C20H25ClN4O6. The highest BCUT2D eigenvalue weighted by atomic mass is 35.5. The smallest absolute Gasteiger partial charge is 0.305 e. The van der Waals surface area contributed by atoms with Gasteiger partial charge in [-0.05, 0) is 44.4 Å². The van der Waals surface area contributed by atoms with Gasteiger partial charge >= 0.3 is 5.97 Å². The Hall–Kier alpha value is -3.14. The number of carbonyl (C=O) groups is 5. The number of nitrogens with one attached hydrogen (secondary N) is 2. The molecule has 1 aliphatic heterocycles. The summed E-state index contributed by atoms with van der Waals surface area (Å²) in [6.45, 7) is 3.50. The first-order valence-corrected chi connectivity index (χ1v) is 10.1. The molecule has 0 unspecified atom stereocenters. The van der Waals surface area contributed by atoms with Crippen LogP contribution in [0.15, 0.2) is 12.1 Å². The normalized spacial score (nSPS) is 17.5. The van der Waals surface area contributed by atoms with Crippen LogP contribution in [-0.4, -0.2) is 64.7 Å². The Morgan fingerprint density at radius 1 is 1.32 bits per heavy atom. The molecular weight excluding hydrogens is 428 g/mol.